The van der Waals surface area contributed by atoms with Gasteiger partial charge in [-0.1, -0.05) is 107 Å². The minimum atomic E-state index is -0.245. The van der Waals surface area contributed by atoms with E-state index in [1.807, 2.05) is 66.7 Å². The SMILES string of the molecule is CC(C)c1cccc(C(C)C)c1NC(=O)CC(=O)CC(c1ccccc1)c1ccccc1. The number of ketones is 1. The third-order valence-corrected chi connectivity index (χ3v) is 5.83. The van der Waals surface area contributed by atoms with E-state index in [0.717, 1.165) is 27.9 Å². The Balaban J connectivity index is 1.76. The van der Waals surface area contributed by atoms with Gasteiger partial charge in [-0.2, -0.15) is 0 Å². The first-order chi connectivity index (χ1) is 15.4. The van der Waals surface area contributed by atoms with Crippen LogP contribution >= 0.6 is 0 Å². The first-order valence-corrected chi connectivity index (χ1v) is 11.4. The zero-order chi connectivity index (χ0) is 23.1. The fourth-order valence-corrected chi connectivity index (χ4v) is 4.16. The van der Waals surface area contributed by atoms with Crippen LogP contribution in [0.1, 0.15) is 80.5 Å². The third kappa shape index (κ3) is 5.94. The first-order valence-electron chi connectivity index (χ1n) is 11.4. The molecule has 0 aromatic heterocycles. The molecule has 0 spiro atoms. The van der Waals surface area contributed by atoms with Gasteiger partial charge in [0, 0.05) is 18.0 Å². The van der Waals surface area contributed by atoms with Crippen molar-refractivity contribution in [3.05, 3.63) is 101 Å². The van der Waals surface area contributed by atoms with Crippen molar-refractivity contribution < 1.29 is 9.59 Å². The molecular formula is C29H33NO2. The lowest BCUT2D eigenvalue weighted by atomic mass is 9.86. The number of nitrogens with one attached hydrogen (secondary N) is 1. The Hall–Kier alpha value is -3.20. The maximum atomic E-state index is 13.0. The van der Waals surface area contributed by atoms with Crippen LogP contribution < -0.4 is 5.32 Å². The smallest absolute Gasteiger partial charge is 0.231 e. The van der Waals surface area contributed by atoms with E-state index >= 15 is 0 Å². The summed E-state index contributed by atoms with van der Waals surface area (Å²) in [5, 5.41) is 3.07. The number of Topliss-reactive ketones (excluding diaryl/α,β-unsaturated/α-hetero) is 1. The second-order valence-electron chi connectivity index (χ2n) is 8.96. The summed E-state index contributed by atoms with van der Waals surface area (Å²) in [6, 6.07) is 26.2. The van der Waals surface area contributed by atoms with Crippen molar-refractivity contribution in [2.75, 3.05) is 5.32 Å². The molecule has 3 nitrogen and oxygen atoms in total. The topological polar surface area (TPSA) is 46.2 Å². The van der Waals surface area contributed by atoms with Crippen molar-refractivity contribution in [3.63, 3.8) is 0 Å². The molecule has 0 atom stereocenters. The maximum Gasteiger partial charge on any atom is 0.231 e. The van der Waals surface area contributed by atoms with Crippen molar-refractivity contribution >= 4 is 17.4 Å². The minimum Gasteiger partial charge on any atom is -0.325 e. The summed E-state index contributed by atoms with van der Waals surface area (Å²) in [5.41, 5.74) is 5.23. The van der Waals surface area contributed by atoms with E-state index in [-0.39, 0.29) is 35.9 Å². The van der Waals surface area contributed by atoms with Gasteiger partial charge in [-0.05, 0) is 34.1 Å². The zero-order valence-electron chi connectivity index (χ0n) is 19.5. The van der Waals surface area contributed by atoms with Gasteiger partial charge in [0.25, 0.3) is 0 Å². The van der Waals surface area contributed by atoms with Gasteiger partial charge in [-0.3, -0.25) is 9.59 Å². The van der Waals surface area contributed by atoms with Crippen LogP contribution in [0, 0.1) is 0 Å². The number of rotatable bonds is 9. The average Bonchev–Trinajstić information content (AvgIpc) is 2.78. The molecule has 166 valence electrons. The number of carbonyl (C=O) groups excluding carboxylic acids is 2. The molecule has 3 aromatic rings. The van der Waals surface area contributed by atoms with Crippen molar-refractivity contribution in [1.82, 2.24) is 0 Å². The molecule has 0 saturated carbocycles. The van der Waals surface area contributed by atoms with Gasteiger partial charge in [0.1, 0.15) is 5.78 Å². The Morgan fingerprint density at radius 2 is 1.16 bits per heavy atom. The summed E-state index contributed by atoms with van der Waals surface area (Å²) in [6.45, 7) is 8.46. The molecular weight excluding hydrogens is 394 g/mol. The number of benzene rings is 3. The van der Waals surface area contributed by atoms with Crippen LogP contribution in [0.5, 0.6) is 0 Å². The Morgan fingerprint density at radius 3 is 1.59 bits per heavy atom. The van der Waals surface area contributed by atoms with Crippen LogP contribution in [0.25, 0.3) is 0 Å². The summed E-state index contributed by atoms with van der Waals surface area (Å²) >= 11 is 0. The van der Waals surface area contributed by atoms with Crippen molar-refractivity contribution in [1.29, 1.82) is 0 Å². The Kier molecular flexibility index (Phi) is 7.99. The van der Waals surface area contributed by atoms with Crippen LogP contribution in [0.4, 0.5) is 5.69 Å². The quantitative estimate of drug-likeness (QED) is 0.372. The number of amides is 1. The van der Waals surface area contributed by atoms with Crippen LogP contribution in [0.15, 0.2) is 78.9 Å². The largest absolute Gasteiger partial charge is 0.325 e. The van der Waals surface area contributed by atoms with E-state index in [1.165, 1.54) is 0 Å². The lowest BCUT2D eigenvalue weighted by molar-refractivity contribution is -0.125. The summed E-state index contributed by atoms with van der Waals surface area (Å²) in [7, 11) is 0. The number of hydrogen-bond donors (Lipinski definition) is 1. The molecule has 0 fully saturated rings. The van der Waals surface area contributed by atoms with Gasteiger partial charge in [-0.25, -0.2) is 0 Å². The molecule has 0 aliphatic rings. The molecule has 1 amide bonds. The second kappa shape index (κ2) is 10.9. The molecule has 3 heteroatoms. The Morgan fingerprint density at radius 1 is 0.688 bits per heavy atom. The average molecular weight is 428 g/mol. The van der Waals surface area contributed by atoms with Gasteiger partial charge in [0.2, 0.25) is 5.91 Å². The van der Waals surface area contributed by atoms with E-state index in [1.54, 1.807) is 0 Å². The summed E-state index contributed by atoms with van der Waals surface area (Å²) in [4.78, 5) is 25.9. The summed E-state index contributed by atoms with van der Waals surface area (Å²) in [5.74, 6) is 0.186. The van der Waals surface area contributed by atoms with E-state index < -0.39 is 0 Å². The highest BCUT2D eigenvalue weighted by atomic mass is 16.2. The fourth-order valence-electron chi connectivity index (χ4n) is 4.16. The summed E-state index contributed by atoms with van der Waals surface area (Å²) in [6.07, 6.45) is 0.171. The normalized spacial score (nSPS) is 11.2. The third-order valence-electron chi connectivity index (χ3n) is 5.83. The maximum absolute atomic E-state index is 13.0. The van der Waals surface area contributed by atoms with Crippen LogP contribution in [0.2, 0.25) is 0 Å². The molecule has 0 saturated heterocycles. The monoisotopic (exact) mass is 427 g/mol. The minimum absolute atomic E-state index is 0.0617. The van der Waals surface area contributed by atoms with Gasteiger partial charge >= 0.3 is 0 Å². The van der Waals surface area contributed by atoms with Gasteiger partial charge in [0.15, 0.2) is 0 Å². The Labute approximate surface area is 191 Å². The van der Waals surface area contributed by atoms with E-state index in [0.29, 0.717) is 6.42 Å². The van der Waals surface area contributed by atoms with Gasteiger partial charge in [0.05, 0.1) is 6.42 Å². The summed E-state index contributed by atoms with van der Waals surface area (Å²) < 4.78 is 0. The zero-order valence-corrected chi connectivity index (χ0v) is 19.5. The number of para-hydroxylation sites is 1. The van der Waals surface area contributed by atoms with Crippen LogP contribution in [-0.4, -0.2) is 11.7 Å². The Bertz CT molecular complexity index is 974. The number of anilines is 1. The van der Waals surface area contributed by atoms with Crippen LogP contribution in [0.3, 0.4) is 0 Å². The molecule has 0 bridgehead atoms. The molecule has 3 rings (SSSR count). The van der Waals surface area contributed by atoms with Crippen LogP contribution in [-0.2, 0) is 9.59 Å². The molecule has 0 aliphatic heterocycles. The second-order valence-corrected chi connectivity index (χ2v) is 8.96. The number of carbonyl (C=O) groups is 2. The van der Waals surface area contributed by atoms with Crippen molar-refractivity contribution in [3.8, 4) is 0 Å². The molecule has 0 unspecified atom stereocenters. The van der Waals surface area contributed by atoms with E-state index in [9.17, 15) is 9.59 Å². The van der Waals surface area contributed by atoms with E-state index in [2.05, 4.69) is 45.1 Å². The lowest BCUT2D eigenvalue weighted by Crippen LogP contribution is -2.20. The molecule has 32 heavy (non-hydrogen) atoms. The lowest BCUT2D eigenvalue weighted by Gasteiger charge is -2.20. The first kappa shape index (κ1) is 23.5. The molecule has 0 aliphatic carbocycles. The highest BCUT2D eigenvalue weighted by Crippen LogP contribution is 2.33. The molecule has 0 radical (unpaired) electrons. The van der Waals surface area contributed by atoms with Gasteiger partial charge < -0.3 is 5.32 Å². The predicted molar refractivity (Wildman–Crippen MR) is 132 cm³/mol. The fraction of sp³-hybridized carbons (Fsp3) is 0.310. The highest BCUT2D eigenvalue weighted by molar-refractivity contribution is 6.05. The highest BCUT2D eigenvalue weighted by Gasteiger charge is 2.21. The van der Waals surface area contributed by atoms with Crippen molar-refractivity contribution in [2.45, 2.75) is 58.3 Å². The predicted octanol–water partition coefficient (Wildman–Crippen LogP) is 7.05. The standard InChI is InChI=1S/C29H33NO2/c1-20(2)25-16-11-17-26(21(3)4)29(25)30-28(32)19-24(31)18-27(22-12-7-5-8-13-22)23-14-9-6-10-15-23/h5-17,20-21,27H,18-19H2,1-4H3,(H,30,32). The molecule has 0 heterocycles. The van der Waals surface area contributed by atoms with E-state index in [4.69, 9.17) is 0 Å². The molecule has 1 N–H and O–H groups in total. The molecule has 3 aromatic carbocycles. The van der Waals surface area contributed by atoms with Gasteiger partial charge in [-0.15, -0.1) is 0 Å². The van der Waals surface area contributed by atoms with Crippen molar-refractivity contribution in [2.24, 2.45) is 0 Å². The number of hydrogen-bond acceptors (Lipinski definition) is 2.